The fourth-order valence-electron chi connectivity index (χ4n) is 1.45. The first-order valence-corrected chi connectivity index (χ1v) is 6.35. The molecule has 1 heterocycles. The summed E-state index contributed by atoms with van der Waals surface area (Å²) >= 11 is 0. The average molecular weight is 252 g/mol. The number of nitrogen functional groups attached to an aromatic ring is 1. The molecule has 0 radical (unpaired) electrons. The van der Waals surface area contributed by atoms with Gasteiger partial charge in [-0.05, 0) is 30.7 Å². The van der Waals surface area contributed by atoms with Crippen molar-refractivity contribution in [1.29, 1.82) is 0 Å². The summed E-state index contributed by atoms with van der Waals surface area (Å²) in [6.45, 7) is 1.78. The van der Waals surface area contributed by atoms with Crippen molar-refractivity contribution < 1.29 is 8.42 Å². The Bertz CT molecular complexity index is 600. The first-order chi connectivity index (χ1) is 7.97. The van der Waals surface area contributed by atoms with Crippen LogP contribution in [0.15, 0.2) is 35.4 Å². The number of nitrogens with two attached hydrogens (primary N) is 1. The molecule has 0 amide bonds. The highest BCUT2D eigenvalue weighted by molar-refractivity contribution is 7.92. The first-order valence-electron chi connectivity index (χ1n) is 4.87. The van der Waals surface area contributed by atoms with Gasteiger partial charge in [0, 0.05) is 11.8 Å². The monoisotopic (exact) mass is 252 g/mol. The molecule has 0 spiro atoms. The lowest BCUT2D eigenvalue weighted by atomic mass is 10.2. The predicted molar refractivity (Wildman–Crippen MR) is 65.0 cm³/mol. The normalized spacial score (nSPS) is 11.4. The van der Waals surface area contributed by atoms with Crippen LogP contribution in [0.4, 0.5) is 11.5 Å². The second kappa shape index (κ2) is 4.10. The van der Waals surface area contributed by atoms with E-state index in [4.69, 9.17) is 5.73 Å². The molecular formula is C10H12N4O2S. The summed E-state index contributed by atoms with van der Waals surface area (Å²) < 4.78 is 26.3. The molecule has 0 bridgehead atoms. The molecule has 2 rings (SSSR count). The number of benzene rings is 1. The van der Waals surface area contributed by atoms with Gasteiger partial charge < -0.3 is 5.73 Å². The fraction of sp³-hybridized carbons (Fsp3) is 0.100. The smallest absolute Gasteiger partial charge is 0.263 e. The van der Waals surface area contributed by atoms with Gasteiger partial charge in [-0.2, -0.15) is 5.10 Å². The van der Waals surface area contributed by atoms with E-state index in [-0.39, 0.29) is 4.90 Å². The van der Waals surface area contributed by atoms with Gasteiger partial charge in [-0.3, -0.25) is 9.82 Å². The van der Waals surface area contributed by atoms with Crippen molar-refractivity contribution in [2.24, 2.45) is 0 Å². The van der Waals surface area contributed by atoms with Crippen molar-refractivity contribution in [3.63, 3.8) is 0 Å². The molecule has 2 aromatic rings. The number of nitrogens with one attached hydrogen (secondary N) is 2. The third kappa shape index (κ3) is 2.56. The molecule has 4 N–H and O–H groups in total. The Hall–Kier alpha value is -2.02. The molecule has 0 atom stereocenters. The molecule has 0 saturated heterocycles. The van der Waals surface area contributed by atoms with Crippen LogP contribution in [0.2, 0.25) is 0 Å². The minimum Gasteiger partial charge on any atom is -0.399 e. The number of anilines is 2. The van der Waals surface area contributed by atoms with E-state index in [1.807, 2.05) is 0 Å². The first kappa shape index (κ1) is 11.5. The van der Waals surface area contributed by atoms with Crippen molar-refractivity contribution in [3.8, 4) is 0 Å². The Morgan fingerprint density at radius 2 is 2.12 bits per heavy atom. The number of aromatic nitrogens is 2. The van der Waals surface area contributed by atoms with Crippen molar-refractivity contribution >= 4 is 21.5 Å². The van der Waals surface area contributed by atoms with E-state index < -0.39 is 10.0 Å². The molecule has 90 valence electrons. The average Bonchev–Trinajstić information content (AvgIpc) is 2.68. The number of aryl methyl sites for hydroxylation is 1. The molecular weight excluding hydrogens is 240 g/mol. The highest BCUT2D eigenvalue weighted by atomic mass is 32.2. The van der Waals surface area contributed by atoms with E-state index in [0.29, 0.717) is 11.5 Å². The molecule has 0 aliphatic heterocycles. The number of aromatic amines is 1. The van der Waals surface area contributed by atoms with Crippen LogP contribution < -0.4 is 10.5 Å². The SMILES string of the molecule is Cc1cc(N)cc(S(=O)(=O)Nc2ccn[nH]2)c1. The summed E-state index contributed by atoms with van der Waals surface area (Å²) in [7, 11) is -3.63. The second-order valence-corrected chi connectivity index (χ2v) is 5.34. The Balaban J connectivity index is 2.38. The highest BCUT2D eigenvalue weighted by Gasteiger charge is 2.15. The summed E-state index contributed by atoms with van der Waals surface area (Å²) in [5, 5.41) is 6.18. The van der Waals surface area contributed by atoms with Gasteiger partial charge in [-0.15, -0.1) is 0 Å². The maximum absolute atomic E-state index is 12.0. The summed E-state index contributed by atoms with van der Waals surface area (Å²) in [6, 6.07) is 6.19. The van der Waals surface area contributed by atoms with Crippen LogP contribution in [-0.4, -0.2) is 18.6 Å². The van der Waals surface area contributed by atoms with Crippen LogP contribution in [0.3, 0.4) is 0 Å². The molecule has 0 aliphatic rings. The van der Waals surface area contributed by atoms with Gasteiger partial charge in [-0.25, -0.2) is 8.42 Å². The van der Waals surface area contributed by atoms with Crippen LogP contribution in [0.25, 0.3) is 0 Å². The number of nitrogens with zero attached hydrogens (tertiary/aromatic N) is 1. The zero-order valence-corrected chi connectivity index (χ0v) is 9.95. The summed E-state index contributed by atoms with van der Waals surface area (Å²) in [6.07, 6.45) is 1.46. The van der Waals surface area contributed by atoms with Gasteiger partial charge >= 0.3 is 0 Å². The van der Waals surface area contributed by atoms with Crippen LogP contribution in [-0.2, 0) is 10.0 Å². The Morgan fingerprint density at radius 1 is 1.35 bits per heavy atom. The van der Waals surface area contributed by atoms with Gasteiger partial charge in [0.05, 0.1) is 11.1 Å². The van der Waals surface area contributed by atoms with E-state index in [9.17, 15) is 8.42 Å². The molecule has 7 heteroatoms. The van der Waals surface area contributed by atoms with Gasteiger partial charge in [0.1, 0.15) is 5.82 Å². The van der Waals surface area contributed by atoms with Gasteiger partial charge in [0.2, 0.25) is 0 Å². The van der Waals surface area contributed by atoms with E-state index in [1.165, 1.54) is 18.3 Å². The van der Waals surface area contributed by atoms with Crippen LogP contribution in [0, 0.1) is 6.92 Å². The molecule has 0 aliphatic carbocycles. The molecule has 17 heavy (non-hydrogen) atoms. The maximum Gasteiger partial charge on any atom is 0.263 e. The van der Waals surface area contributed by atoms with Crippen molar-refractivity contribution in [1.82, 2.24) is 10.2 Å². The van der Waals surface area contributed by atoms with Crippen molar-refractivity contribution in [2.75, 3.05) is 10.5 Å². The number of hydrogen-bond acceptors (Lipinski definition) is 4. The van der Waals surface area contributed by atoms with Crippen LogP contribution >= 0.6 is 0 Å². The topological polar surface area (TPSA) is 101 Å². The highest BCUT2D eigenvalue weighted by Crippen LogP contribution is 2.18. The van der Waals surface area contributed by atoms with Gasteiger partial charge in [-0.1, -0.05) is 0 Å². The van der Waals surface area contributed by atoms with E-state index >= 15 is 0 Å². The molecule has 1 aromatic carbocycles. The molecule has 6 nitrogen and oxygen atoms in total. The Kier molecular flexibility index (Phi) is 2.76. The lowest BCUT2D eigenvalue weighted by Gasteiger charge is -2.07. The molecule has 1 aromatic heterocycles. The van der Waals surface area contributed by atoms with Crippen molar-refractivity contribution in [3.05, 3.63) is 36.0 Å². The largest absolute Gasteiger partial charge is 0.399 e. The summed E-state index contributed by atoms with van der Waals surface area (Å²) in [5.74, 6) is 0.310. The third-order valence-corrected chi connectivity index (χ3v) is 3.47. The minimum absolute atomic E-state index is 0.129. The van der Waals surface area contributed by atoms with E-state index in [0.717, 1.165) is 5.56 Å². The number of hydrogen-bond donors (Lipinski definition) is 3. The van der Waals surface area contributed by atoms with Crippen LogP contribution in [0.1, 0.15) is 5.56 Å². The Morgan fingerprint density at radius 3 is 2.71 bits per heavy atom. The summed E-state index contributed by atoms with van der Waals surface area (Å²) in [5.41, 5.74) is 6.82. The fourth-order valence-corrected chi connectivity index (χ4v) is 2.60. The number of rotatable bonds is 3. The van der Waals surface area contributed by atoms with E-state index in [1.54, 1.807) is 19.1 Å². The van der Waals surface area contributed by atoms with Gasteiger partial charge in [0.15, 0.2) is 0 Å². The standard InChI is InChI=1S/C10H12N4O2S/c1-7-4-8(11)6-9(5-7)17(15,16)14-10-2-3-12-13-10/h2-6H,11H2,1H3,(H2,12,13,14). The second-order valence-electron chi connectivity index (χ2n) is 3.66. The summed E-state index contributed by atoms with van der Waals surface area (Å²) in [4.78, 5) is 0.129. The van der Waals surface area contributed by atoms with Crippen molar-refractivity contribution in [2.45, 2.75) is 11.8 Å². The molecule has 0 unspecified atom stereocenters. The van der Waals surface area contributed by atoms with Gasteiger partial charge in [0.25, 0.3) is 10.0 Å². The number of H-pyrrole nitrogens is 1. The predicted octanol–water partition coefficient (Wildman–Crippen LogP) is 1.10. The maximum atomic E-state index is 12.0. The third-order valence-electron chi connectivity index (χ3n) is 2.13. The van der Waals surface area contributed by atoms with Crippen LogP contribution in [0.5, 0.6) is 0 Å². The quantitative estimate of drug-likeness (QED) is 0.712. The van der Waals surface area contributed by atoms with E-state index in [2.05, 4.69) is 14.9 Å². The minimum atomic E-state index is -3.63. The lowest BCUT2D eigenvalue weighted by molar-refractivity contribution is 0.601. The Labute approximate surface area is 98.9 Å². The number of sulfonamides is 1. The molecule has 0 saturated carbocycles. The zero-order valence-electron chi connectivity index (χ0n) is 9.14. The molecule has 0 fully saturated rings. The zero-order chi connectivity index (χ0) is 12.5. The lowest BCUT2D eigenvalue weighted by Crippen LogP contribution is -2.13.